The fourth-order valence-corrected chi connectivity index (χ4v) is 4.73. The molecular formula is C15H24O3. The van der Waals surface area contributed by atoms with Gasteiger partial charge in [0.2, 0.25) is 0 Å². The van der Waals surface area contributed by atoms with Crippen molar-refractivity contribution in [3.8, 4) is 0 Å². The lowest BCUT2D eigenvalue weighted by Gasteiger charge is -2.54. The molecule has 0 aromatic heterocycles. The molecule has 3 nitrogen and oxygen atoms in total. The molecule has 0 aromatic rings. The van der Waals surface area contributed by atoms with Crippen LogP contribution in [-0.2, 0) is 4.74 Å². The van der Waals surface area contributed by atoms with Crippen LogP contribution in [0.15, 0.2) is 11.6 Å². The van der Waals surface area contributed by atoms with Crippen molar-refractivity contribution in [3.63, 3.8) is 0 Å². The van der Waals surface area contributed by atoms with Crippen molar-refractivity contribution >= 4 is 0 Å². The van der Waals surface area contributed by atoms with Gasteiger partial charge in [0.25, 0.3) is 0 Å². The Hall–Kier alpha value is -0.380. The molecule has 3 rings (SSSR count). The predicted octanol–water partition coefficient (Wildman–Crippen LogP) is 2.43. The second-order valence-corrected chi connectivity index (χ2v) is 6.68. The minimum Gasteiger partial charge on any atom is -0.368 e. The number of hydrogen-bond donors (Lipinski definition) is 2. The highest BCUT2D eigenvalue weighted by atomic mass is 16.7. The van der Waals surface area contributed by atoms with Crippen molar-refractivity contribution in [2.24, 2.45) is 23.2 Å². The summed E-state index contributed by atoms with van der Waals surface area (Å²) < 4.78 is 5.51. The Kier molecular flexibility index (Phi) is 2.68. The van der Waals surface area contributed by atoms with E-state index in [9.17, 15) is 10.2 Å². The fourth-order valence-electron chi connectivity index (χ4n) is 4.73. The summed E-state index contributed by atoms with van der Waals surface area (Å²) in [4.78, 5) is 0. The number of aliphatic hydroxyl groups excluding tert-OH is 1. The van der Waals surface area contributed by atoms with Crippen LogP contribution in [0.2, 0.25) is 0 Å². The molecule has 0 amide bonds. The molecule has 0 bridgehead atoms. The third kappa shape index (κ3) is 1.41. The highest BCUT2D eigenvalue weighted by Crippen LogP contribution is 2.62. The first-order valence-electron chi connectivity index (χ1n) is 7.17. The Morgan fingerprint density at radius 1 is 1.39 bits per heavy atom. The Balaban J connectivity index is 2.09. The summed E-state index contributed by atoms with van der Waals surface area (Å²) in [5.74, 6) is -0.596. The second kappa shape index (κ2) is 3.81. The van der Waals surface area contributed by atoms with Crippen LogP contribution < -0.4 is 0 Å². The standard InChI is InChI=1S/C15H24O3/c1-9-5-4-6-11-7-8-15(17)12(14(9,11)3)10(2)13(16)18-15/h6,9-10,12-13,16-17H,4-5,7-8H2,1-3H3/t9-,10-,12?,13?,14+,15-/m0/s1. The third-order valence-corrected chi connectivity index (χ3v) is 5.89. The van der Waals surface area contributed by atoms with Crippen molar-refractivity contribution in [2.75, 3.05) is 0 Å². The summed E-state index contributed by atoms with van der Waals surface area (Å²) in [7, 11) is 0. The first-order chi connectivity index (χ1) is 8.39. The van der Waals surface area contributed by atoms with E-state index in [2.05, 4.69) is 19.9 Å². The van der Waals surface area contributed by atoms with Crippen molar-refractivity contribution in [1.82, 2.24) is 0 Å². The van der Waals surface area contributed by atoms with Crippen molar-refractivity contribution in [2.45, 2.75) is 58.5 Å². The Bertz CT molecular complexity index is 391. The summed E-state index contributed by atoms with van der Waals surface area (Å²) in [5.41, 5.74) is 1.45. The minimum atomic E-state index is -1.13. The van der Waals surface area contributed by atoms with Gasteiger partial charge in [-0.15, -0.1) is 0 Å². The Morgan fingerprint density at radius 2 is 2.11 bits per heavy atom. The zero-order chi connectivity index (χ0) is 13.1. The van der Waals surface area contributed by atoms with Crippen LogP contribution in [0, 0.1) is 23.2 Å². The van der Waals surface area contributed by atoms with Crippen molar-refractivity contribution in [3.05, 3.63) is 11.6 Å². The third-order valence-electron chi connectivity index (χ3n) is 5.89. The molecule has 1 aliphatic heterocycles. The van der Waals surface area contributed by atoms with E-state index in [-0.39, 0.29) is 17.3 Å². The number of rotatable bonds is 0. The highest BCUT2D eigenvalue weighted by Gasteiger charge is 2.63. The van der Waals surface area contributed by atoms with E-state index in [1.54, 1.807) is 0 Å². The van der Waals surface area contributed by atoms with Gasteiger partial charge in [-0.1, -0.05) is 32.4 Å². The summed E-state index contributed by atoms with van der Waals surface area (Å²) in [6.07, 6.45) is 5.35. The van der Waals surface area contributed by atoms with Gasteiger partial charge in [0, 0.05) is 18.3 Å². The van der Waals surface area contributed by atoms with Crippen LogP contribution in [-0.4, -0.2) is 22.3 Å². The van der Waals surface area contributed by atoms with Gasteiger partial charge in [-0.25, -0.2) is 0 Å². The maximum absolute atomic E-state index is 10.8. The van der Waals surface area contributed by atoms with Crippen LogP contribution in [0.25, 0.3) is 0 Å². The summed E-state index contributed by atoms with van der Waals surface area (Å²) in [5, 5.41) is 20.7. The van der Waals surface area contributed by atoms with Gasteiger partial charge in [-0.05, 0) is 30.6 Å². The van der Waals surface area contributed by atoms with E-state index in [1.807, 2.05) is 6.92 Å². The quantitative estimate of drug-likeness (QED) is 0.651. The molecular weight excluding hydrogens is 228 g/mol. The molecule has 0 radical (unpaired) electrons. The molecule has 0 aromatic carbocycles. The molecule has 0 spiro atoms. The van der Waals surface area contributed by atoms with Crippen LogP contribution in [0.5, 0.6) is 0 Å². The topological polar surface area (TPSA) is 49.7 Å². The van der Waals surface area contributed by atoms with Crippen LogP contribution in [0.4, 0.5) is 0 Å². The van der Waals surface area contributed by atoms with Crippen LogP contribution >= 0.6 is 0 Å². The smallest absolute Gasteiger partial charge is 0.173 e. The number of hydrogen-bond acceptors (Lipinski definition) is 3. The number of aliphatic hydroxyl groups is 2. The van der Waals surface area contributed by atoms with E-state index in [0.29, 0.717) is 12.3 Å². The number of allylic oxidation sites excluding steroid dienone is 2. The van der Waals surface area contributed by atoms with Gasteiger partial charge < -0.3 is 14.9 Å². The van der Waals surface area contributed by atoms with Gasteiger partial charge in [0.15, 0.2) is 12.1 Å². The largest absolute Gasteiger partial charge is 0.368 e. The molecule has 18 heavy (non-hydrogen) atoms. The molecule has 2 fully saturated rings. The van der Waals surface area contributed by atoms with Crippen LogP contribution in [0.1, 0.15) is 46.5 Å². The molecule has 1 heterocycles. The Labute approximate surface area is 109 Å². The van der Waals surface area contributed by atoms with E-state index >= 15 is 0 Å². The van der Waals surface area contributed by atoms with Gasteiger partial charge in [-0.2, -0.15) is 0 Å². The lowest BCUT2D eigenvalue weighted by Crippen LogP contribution is -2.53. The average Bonchev–Trinajstić information content (AvgIpc) is 2.53. The Morgan fingerprint density at radius 3 is 2.83 bits per heavy atom. The zero-order valence-corrected chi connectivity index (χ0v) is 11.5. The second-order valence-electron chi connectivity index (χ2n) is 6.68. The highest BCUT2D eigenvalue weighted by molar-refractivity contribution is 5.26. The fraction of sp³-hybridized carbons (Fsp3) is 0.867. The maximum atomic E-state index is 10.8. The lowest BCUT2D eigenvalue weighted by atomic mass is 9.52. The molecule has 3 heteroatoms. The van der Waals surface area contributed by atoms with E-state index < -0.39 is 12.1 Å². The van der Waals surface area contributed by atoms with Crippen molar-refractivity contribution < 1.29 is 14.9 Å². The molecule has 1 saturated heterocycles. The molecule has 102 valence electrons. The van der Waals surface area contributed by atoms with Gasteiger partial charge in [-0.3, -0.25) is 0 Å². The normalized spacial score (nSPS) is 55.7. The van der Waals surface area contributed by atoms with Gasteiger partial charge in [0.05, 0.1) is 0 Å². The summed E-state index contributed by atoms with van der Waals surface area (Å²) >= 11 is 0. The SMILES string of the molecule is C[C@@H]1C(O)O[C@@]2(O)CCC3=CCC[C@H](C)[C@@]3(C)C12. The summed E-state index contributed by atoms with van der Waals surface area (Å²) in [6.45, 7) is 6.54. The molecule has 3 aliphatic rings. The minimum absolute atomic E-state index is 0.00954. The molecule has 2 N–H and O–H groups in total. The monoisotopic (exact) mass is 252 g/mol. The predicted molar refractivity (Wildman–Crippen MR) is 68.5 cm³/mol. The molecule has 2 aliphatic carbocycles. The molecule has 2 unspecified atom stereocenters. The number of ether oxygens (including phenoxy) is 1. The van der Waals surface area contributed by atoms with Crippen LogP contribution in [0.3, 0.4) is 0 Å². The van der Waals surface area contributed by atoms with Gasteiger partial charge in [0.1, 0.15) is 0 Å². The molecule has 1 saturated carbocycles. The first kappa shape index (κ1) is 12.6. The molecule has 6 atom stereocenters. The summed E-state index contributed by atoms with van der Waals surface area (Å²) in [6, 6.07) is 0. The van der Waals surface area contributed by atoms with E-state index in [0.717, 1.165) is 19.3 Å². The van der Waals surface area contributed by atoms with Crippen molar-refractivity contribution in [1.29, 1.82) is 0 Å². The van der Waals surface area contributed by atoms with E-state index in [1.165, 1.54) is 5.57 Å². The number of fused-ring (bicyclic) bond motifs is 3. The average molecular weight is 252 g/mol. The zero-order valence-electron chi connectivity index (χ0n) is 11.5. The van der Waals surface area contributed by atoms with E-state index in [4.69, 9.17) is 4.74 Å². The van der Waals surface area contributed by atoms with Gasteiger partial charge >= 0.3 is 0 Å². The first-order valence-corrected chi connectivity index (χ1v) is 7.17. The maximum Gasteiger partial charge on any atom is 0.173 e. The lowest BCUT2D eigenvalue weighted by molar-refractivity contribution is -0.269.